The average Bonchev–Trinajstić information content (AvgIpc) is 3.34. The van der Waals surface area contributed by atoms with Crippen LogP contribution in [0, 0.1) is 6.92 Å². The molecule has 1 aliphatic heterocycles. The summed E-state index contributed by atoms with van der Waals surface area (Å²) in [4.78, 5) is 5.76. The maximum Gasteiger partial charge on any atom is 0.243 e. The summed E-state index contributed by atoms with van der Waals surface area (Å²) < 4.78 is 32.8. The molecule has 1 aliphatic rings. The van der Waals surface area contributed by atoms with Gasteiger partial charge in [-0.2, -0.15) is 9.29 Å². The van der Waals surface area contributed by atoms with Crippen molar-refractivity contribution in [2.45, 2.75) is 30.6 Å². The predicted octanol–water partition coefficient (Wildman–Crippen LogP) is 3.67. The summed E-state index contributed by atoms with van der Waals surface area (Å²) in [5.41, 5.74) is 1.03. The highest BCUT2D eigenvalue weighted by Gasteiger charge is 2.33. The van der Waals surface area contributed by atoms with Gasteiger partial charge in [0.15, 0.2) is 0 Å². The molecule has 3 heterocycles. The monoisotopic (exact) mass is 389 g/mol. The van der Waals surface area contributed by atoms with Crippen molar-refractivity contribution in [3.63, 3.8) is 0 Å². The molecular weight excluding hydrogens is 370 g/mol. The van der Waals surface area contributed by atoms with E-state index < -0.39 is 10.0 Å². The molecule has 1 aromatic carbocycles. The van der Waals surface area contributed by atoms with Crippen LogP contribution in [-0.2, 0) is 10.0 Å². The second-order valence-corrected chi connectivity index (χ2v) is 9.33. The number of sulfonamides is 1. The van der Waals surface area contributed by atoms with Crippen molar-refractivity contribution >= 4 is 21.4 Å². The summed E-state index contributed by atoms with van der Waals surface area (Å²) in [6.07, 6.45) is 1.61. The van der Waals surface area contributed by atoms with Crippen molar-refractivity contribution in [2.75, 3.05) is 13.1 Å². The normalized spacial score (nSPS) is 18.9. The van der Waals surface area contributed by atoms with E-state index in [2.05, 4.69) is 10.1 Å². The summed E-state index contributed by atoms with van der Waals surface area (Å²) in [6.45, 7) is 2.81. The van der Waals surface area contributed by atoms with E-state index in [4.69, 9.17) is 4.52 Å². The number of hydrogen-bond donors (Lipinski definition) is 0. The van der Waals surface area contributed by atoms with Gasteiger partial charge >= 0.3 is 0 Å². The van der Waals surface area contributed by atoms with Crippen molar-refractivity contribution < 1.29 is 12.9 Å². The molecular formula is C18H19N3O3S2. The van der Waals surface area contributed by atoms with Gasteiger partial charge in [-0.05, 0) is 43.3 Å². The molecule has 3 aromatic rings. The van der Waals surface area contributed by atoms with Gasteiger partial charge in [-0.25, -0.2) is 8.42 Å². The summed E-state index contributed by atoms with van der Waals surface area (Å²) in [6, 6.07) is 10.8. The van der Waals surface area contributed by atoms with Crippen LogP contribution in [0.3, 0.4) is 0 Å². The Morgan fingerprint density at radius 3 is 2.77 bits per heavy atom. The fourth-order valence-electron chi connectivity index (χ4n) is 3.13. The maximum absolute atomic E-state index is 12.9. The molecule has 136 valence electrons. The molecule has 1 fully saturated rings. The van der Waals surface area contributed by atoms with Crippen molar-refractivity contribution in [2.24, 2.45) is 0 Å². The fourth-order valence-corrected chi connectivity index (χ4v) is 5.30. The molecule has 1 unspecified atom stereocenters. The van der Waals surface area contributed by atoms with E-state index in [0.29, 0.717) is 29.7 Å². The maximum atomic E-state index is 12.9. The first kappa shape index (κ1) is 17.4. The standard InChI is InChI=1S/C18H19N3O3S2/c1-13-6-8-15(9-7-13)26(22,23)21-10-2-4-14(12-21)18-19-17(20-24-18)16-5-3-11-25-16/h3,5-9,11,14H,2,4,10,12H2,1H3. The first-order valence-electron chi connectivity index (χ1n) is 8.48. The highest BCUT2D eigenvalue weighted by molar-refractivity contribution is 7.89. The number of rotatable bonds is 4. The summed E-state index contributed by atoms with van der Waals surface area (Å²) >= 11 is 1.55. The molecule has 0 radical (unpaired) electrons. The van der Waals surface area contributed by atoms with Gasteiger partial charge in [0.25, 0.3) is 0 Å². The largest absolute Gasteiger partial charge is 0.339 e. The molecule has 1 saturated heterocycles. The third-order valence-corrected chi connectivity index (χ3v) is 7.32. The SMILES string of the molecule is Cc1ccc(S(=O)(=O)N2CCCC(c3nc(-c4cccs4)no3)C2)cc1. The molecule has 1 atom stereocenters. The van der Waals surface area contributed by atoms with E-state index in [0.717, 1.165) is 23.3 Å². The van der Waals surface area contributed by atoms with Crippen LogP contribution in [0.5, 0.6) is 0 Å². The predicted molar refractivity (Wildman–Crippen MR) is 99.5 cm³/mol. The molecule has 0 bridgehead atoms. The highest BCUT2D eigenvalue weighted by atomic mass is 32.2. The molecule has 0 saturated carbocycles. The lowest BCUT2D eigenvalue weighted by Gasteiger charge is -2.30. The van der Waals surface area contributed by atoms with Crippen molar-refractivity contribution in [1.82, 2.24) is 14.4 Å². The average molecular weight is 390 g/mol. The molecule has 0 N–H and O–H groups in total. The van der Waals surface area contributed by atoms with Gasteiger partial charge in [0.05, 0.1) is 15.7 Å². The Bertz CT molecular complexity index is 979. The number of hydrogen-bond acceptors (Lipinski definition) is 6. The van der Waals surface area contributed by atoms with Crippen LogP contribution in [0.1, 0.15) is 30.2 Å². The lowest BCUT2D eigenvalue weighted by molar-refractivity contribution is 0.265. The van der Waals surface area contributed by atoms with Crippen LogP contribution < -0.4 is 0 Å². The minimum absolute atomic E-state index is 0.0785. The van der Waals surface area contributed by atoms with Crippen LogP contribution in [0.4, 0.5) is 0 Å². The Balaban J connectivity index is 1.55. The summed E-state index contributed by atoms with van der Waals surface area (Å²) in [7, 11) is -3.51. The van der Waals surface area contributed by atoms with Crippen LogP contribution in [0.25, 0.3) is 10.7 Å². The van der Waals surface area contributed by atoms with E-state index in [9.17, 15) is 8.42 Å². The van der Waals surface area contributed by atoms with Gasteiger partial charge in [0, 0.05) is 13.1 Å². The number of piperidine rings is 1. The number of aryl methyl sites for hydroxylation is 1. The zero-order valence-corrected chi connectivity index (χ0v) is 16.0. The van der Waals surface area contributed by atoms with E-state index in [1.807, 2.05) is 36.6 Å². The van der Waals surface area contributed by atoms with Crippen molar-refractivity contribution in [1.29, 1.82) is 0 Å². The topological polar surface area (TPSA) is 76.3 Å². The lowest BCUT2D eigenvalue weighted by atomic mass is 10.00. The summed E-state index contributed by atoms with van der Waals surface area (Å²) in [5, 5.41) is 6.01. The quantitative estimate of drug-likeness (QED) is 0.680. The minimum Gasteiger partial charge on any atom is -0.339 e. The smallest absolute Gasteiger partial charge is 0.243 e. The molecule has 6 nitrogen and oxygen atoms in total. The Kier molecular flexibility index (Phi) is 4.64. The Labute approximate surface area is 156 Å². The number of nitrogens with zero attached hydrogens (tertiary/aromatic N) is 3. The third-order valence-electron chi connectivity index (χ3n) is 4.58. The lowest BCUT2D eigenvalue weighted by Crippen LogP contribution is -2.39. The van der Waals surface area contributed by atoms with Gasteiger partial charge in [0.1, 0.15) is 0 Å². The van der Waals surface area contributed by atoms with Gasteiger partial charge in [-0.3, -0.25) is 0 Å². The van der Waals surface area contributed by atoms with E-state index >= 15 is 0 Å². The van der Waals surface area contributed by atoms with E-state index in [1.165, 1.54) is 4.31 Å². The zero-order valence-electron chi connectivity index (χ0n) is 14.3. The molecule has 0 aliphatic carbocycles. The van der Waals surface area contributed by atoms with E-state index in [1.54, 1.807) is 23.5 Å². The molecule has 26 heavy (non-hydrogen) atoms. The van der Waals surface area contributed by atoms with Gasteiger partial charge in [0.2, 0.25) is 21.7 Å². The van der Waals surface area contributed by atoms with Gasteiger partial charge in [-0.1, -0.05) is 28.9 Å². The first-order chi connectivity index (χ1) is 12.5. The van der Waals surface area contributed by atoms with Crippen LogP contribution in [0.2, 0.25) is 0 Å². The van der Waals surface area contributed by atoms with E-state index in [-0.39, 0.29) is 5.92 Å². The van der Waals surface area contributed by atoms with Crippen molar-refractivity contribution in [3.05, 3.63) is 53.2 Å². The van der Waals surface area contributed by atoms with Gasteiger partial charge in [-0.15, -0.1) is 11.3 Å². The fraction of sp³-hybridized carbons (Fsp3) is 0.333. The number of thiophene rings is 1. The van der Waals surface area contributed by atoms with Crippen LogP contribution in [0.15, 0.2) is 51.2 Å². The van der Waals surface area contributed by atoms with Gasteiger partial charge < -0.3 is 4.52 Å². The third kappa shape index (κ3) is 3.32. The Hall–Kier alpha value is -2.03. The molecule has 0 spiro atoms. The van der Waals surface area contributed by atoms with Crippen LogP contribution in [-0.4, -0.2) is 36.0 Å². The number of aromatic nitrogens is 2. The molecule has 4 rings (SSSR count). The Morgan fingerprint density at radius 1 is 1.23 bits per heavy atom. The highest BCUT2D eigenvalue weighted by Crippen LogP contribution is 2.31. The summed E-state index contributed by atoms with van der Waals surface area (Å²) in [5.74, 6) is 0.996. The Morgan fingerprint density at radius 2 is 2.04 bits per heavy atom. The van der Waals surface area contributed by atoms with Crippen molar-refractivity contribution in [3.8, 4) is 10.7 Å². The second kappa shape index (κ2) is 6.94. The van der Waals surface area contributed by atoms with Crippen LogP contribution >= 0.6 is 11.3 Å². The minimum atomic E-state index is -3.51. The molecule has 2 aromatic heterocycles. The second-order valence-electron chi connectivity index (χ2n) is 6.45. The first-order valence-corrected chi connectivity index (χ1v) is 10.8. The zero-order chi connectivity index (χ0) is 18.1. The molecule has 8 heteroatoms. The molecule has 0 amide bonds. The number of benzene rings is 1.